The predicted molar refractivity (Wildman–Crippen MR) is 104 cm³/mol. The summed E-state index contributed by atoms with van der Waals surface area (Å²) in [4.78, 5) is 26.8. The summed E-state index contributed by atoms with van der Waals surface area (Å²) in [7, 11) is 0. The number of rotatable bonds is 5. The highest BCUT2D eigenvalue weighted by Crippen LogP contribution is 2.24. The third kappa shape index (κ3) is 4.12. The maximum atomic E-state index is 12.5. The fraction of sp³-hybridized carbons (Fsp3) is 0.450. The van der Waals surface area contributed by atoms with Gasteiger partial charge in [0.1, 0.15) is 0 Å². The normalized spacial score (nSPS) is 15.1. The topological polar surface area (TPSA) is 67.2 Å². The summed E-state index contributed by atoms with van der Waals surface area (Å²) < 4.78 is 1.49. The molecule has 3 rings (SSSR count). The zero-order valence-corrected chi connectivity index (χ0v) is 15.4. The quantitative estimate of drug-likeness (QED) is 0.897. The number of benzene rings is 1. The molecule has 6 nitrogen and oxygen atoms in total. The molecule has 1 aliphatic heterocycles. The fourth-order valence-corrected chi connectivity index (χ4v) is 3.32. The lowest BCUT2D eigenvalue weighted by Crippen LogP contribution is -2.39. The Hall–Kier alpha value is -2.63. The van der Waals surface area contributed by atoms with Crippen LogP contribution in [0, 0.1) is 12.8 Å². The molecule has 1 fully saturated rings. The van der Waals surface area contributed by atoms with Gasteiger partial charge in [-0.15, -0.1) is 0 Å². The second-order valence-electron chi connectivity index (χ2n) is 6.84. The van der Waals surface area contributed by atoms with Crippen molar-refractivity contribution in [2.24, 2.45) is 5.92 Å². The molecule has 1 saturated heterocycles. The van der Waals surface area contributed by atoms with Crippen LogP contribution in [0.4, 0.5) is 11.4 Å². The van der Waals surface area contributed by atoms with Crippen molar-refractivity contribution >= 4 is 17.3 Å². The summed E-state index contributed by atoms with van der Waals surface area (Å²) in [5.74, 6) is 0.0784. The molecule has 138 valence electrons. The largest absolute Gasteiger partial charge is 0.370 e. The molecule has 0 radical (unpaired) electrons. The average Bonchev–Trinajstić information content (AvgIpc) is 2.65. The number of carbonyl (C=O) groups is 1. The zero-order valence-electron chi connectivity index (χ0n) is 15.4. The molecular weight excluding hydrogens is 328 g/mol. The molecule has 1 amide bonds. The van der Waals surface area contributed by atoms with Crippen LogP contribution >= 0.6 is 0 Å². The number of aryl methyl sites for hydroxylation is 2. The van der Waals surface area contributed by atoms with Gasteiger partial charge in [-0.05, 0) is 37.8 Å². The van der Waals surface area contributed by atoms with Crippen molar-refractivity contribution in [2.75, 3.05) is 23.3 Å². The Kier molecular flexibility index (Phi) is 5.71. The van der Waals surface area contributed by atoms with E-state index >= 15 is 0 Å². The summed E-state index contributed by atoms with van der Waals surface area (Å²) in [5.41, 5.74) is 2.73. The van der Waals surface area contributed by atoms with E-state index in [4.69, 9.17) is 0 Å². The predicted octanol–water partition coefficient (Wildman–Crippen LogP) is 2.82. The molecule has 26 heavy (non-hydrogen) atoms. The number of piperidine rings is 1. The summed E-state index contributed by atoms with van der Waals surface area (Å²) >= 11 is 0. The molecule has 0 saturated carbocycles. The Morgan fingerprint density at radius 3 is 2.65 bits per heavy atom. The first-order chi connectivity index (χ1) is 12.6. The molecule has 0 spiro atoms. The van der Waals surface area contributed by atoms with Crippen LogP contribution in [0.2, 0.25) is 0 Å². The van der Waals surface area contributed by atoms with Gasteiger partial charge in [0.25, 0.3) is 5.56 Å². The lowest BCUT2D eigenvalue weighted by Gasteiger charge is -2.32. The summed E-state index contributed by atoms with van der Waals surface area (Å²) in [5, 5.41) is 7.29. The number of hydrogen-bond acceptors (Lipinski definition) is 4. The van der Waals surface area contributed by atoms with Crippen molar-refractivity contribution in [3.8, 4) is 0 Å². The standard InChI is InChI=1S/C20H26N4O2/c1-3-10-24-19(25)13-17(14-21-24)23-11-8-16(9-12-23)20(26)22-18-7-5-4-6-15(18)2/h4-7,13-14,16H,3,8-12H2,1-2H3,(H,22,26). The lowest BCUT2D eigenvalue weighted by molar-refractivity contribution is -0.120. The zero-order chi connectivity index (χ0) is 18.5. The molecule has 1 aromatic carbocycles. The third-order valence-corrected chi connectivity index (χ3v) is 4.92. The van der Waals surface area contributed by atoms with Crippen LogP contribution < -0.4 is 15.8 Å². The first-order valence-corrected chi connectivity index (χ1v) is 9.27. The molecule has 1 aliphatic rings. The number of anilines is 2. The highest BCUT2D eigenvalue weighted by molar-refractivity contribution is 5.93. The van der Waals surface area contributed by atoms with Crippen LogP contribution in [0.25, 0.3) is 0 Å². The van der Waals surface area contributed by atoms with Gasteiger partial charge in [-0.25, -0.2) is 4.68 Å². The Morgan fingerprint density at radius 2 is 2.00 bits per heavy atom. The van der Waals surface area contributed by atoms with E-state index in [-0.39, 0.29) is 17.4 Å². The SMILES string of the molecule is CCCn1ncc(N2CCC(C(=O)Nc3ccccc3C)CC2)cc1=O. The number of hydrogen-bond donors (Lipinski definition) is 1. The van der Waals surface area contributed by atoms with Gasteiger partial charge in [0.2, 0.25) is 5.91 Å². The van der Waals surface area contributed by atoms with Gasteiger partial charge in [0.15, 0.2) is 0 Å². The minimum Gasteiger partial charge on any atom is -0.370 e. The van der Waals surface area contributed by atoms with Crippen LogP contribution in [0.5, 0.6) is 0 Å². The van der Waals surface area contributed by atoms with Crippen molar-refractivity contribution < 1.29 is 4.79 Å². The second kappa shape index (κ2) is 8.17. The number of nitrogens with zero attached hydrogens (tertiary/aromatic N) is 3. The highest BCUT2D eigenvalue weighted by atomic mass is 16.2. The molecule has 2 heterocycles. The summed E-state index contributed by atoms with van der Waals surface area (Å²) in [6.45, 7) is 6.16. The Balaban J connectivity index is 1.59. The van der Waals surface area contributed by atoms with Gasteiger partial charge in [0.05, 0.1) is 11.9 Å². The maximum Gasteiger partial charge on any atom is 0.268 e. The van der Waals surface area contributed by atoms with Gasteiger partial charge in [-0.1, -0.05) is 25.1 Å². The minimum absolute atomic E-state index is 0.000670. The molecular formula is C20H26N4O2. The van der Waals surface area contributed by atoms with Gasteiger partial charge < -0.3 is 10.2 Å². The molecule has 0 aliphatic carbocycles. The van der Waals surface area contributed by atoms with Crippen molar-refractivity contribution in [1.29, 1.82) is 0 Å². The van der Waals surface area contributed by atoms with E-state index in [9.17, 15) is 9.59 Å². The van der Waals surface area contributed by atoms with Gasteiger partial charge in [0, 0.05) is 37.3 Å². The minimum atomic E-state index is -0.0660. The highest BCUT2D eigenvalue weighted by Gasteiger charge is 2.25. The number of nitrogens with one attached hydrogen (secondary N) is 1. The smallest absolute Gasteiger partial charge is 0.268 e. The molecule has 1 aromatic heterocycles. The lowest BCUT2D eigenvalue weighted by atomic mass is 9.95. The third-order valence-electron chi connectivity index (χ3n) is 4.92. The first kappa shape index (κ1) is 18.2. The summed E-state index contributed by atoms with van der Waals surface area (Å²) in [6, 6.07) is 9.46. The Bertz CT molecular complexity index is 823. The van der Waals surface area contributed by atoms with Crippen molar-refractivity contribution in [3.63, 3.8) is 0 Å². The van der Waals surface area contributed by atoms with E-state index in [0.29, 0.717) is 6.54 Å². The Labute approximate surface area is 153 Å². The van der Waals surface area contributed by atoms with Crippen LogP contribution in [0.1, 0.15) is 31.7 Å². The molecule has 6 heteroatoms. The first-order valence-electron chi connectivity index (χ1n) is 9.27. The van der Waals surface area contributed by atoms with Crippen LogP contribution in [-0.2, 0) is 11.3 Å². The van der Waals surface area contributed by atoms with E-state index in [1.165, 1.54) is 4.68 Å². The van der Waals surface area contributed by atoms with E-state index in [0.717, 1.165) is 49.3 Å². The maximum absolute atomic E-state index is 12.5. The van der Waals surface area contributed by atoms with Crippen molar-refractivity contribution in [3.05, 3.63) is 52.4 Å². The number of aromatic nitrogens is 2. The van der Waals surface area contributed by atoms with Crippen LogP contribution in [0.3, 0.4) is 0 Å². The van der Waals surface area contributed by atoms with E-state index in [2.05, 4.69) is 15.3 Å². The fourth-order valence-electron chi connectivity index (χ4n) is 3.32. The summed E-state index contributed by atoms with van der Waals surface area (Å²) in [6.07, 6.45) is 4.18. The average molecular weight is 354 g/mol. The van der Waals surface area contributed by atoms with E-state index in [1.54, 1.807) is 12.3 Å². The van der Waals surface area contributed by atoms with E-state index in [1.807, 2.05) is 38.1 Å². The molecule has 0 bridgehead atoms. The molecule has 1 N–H and O–H groups in total. The molecule has 2 aromatic rings. The molecule has 0 unspecified atom stereocenters. The number of amides is 1. The van der Waals surface area contributed by atoms with Crippen LogP contribution in [0.15, 0.2) is 41.3 Å². The number of carbonyl (C=O) groups excluding carboxylic acids is 1. The second-order valence-corrected chi connectivity index (χ2v) is 6.84. The van der Waals surface area contributed by atoms with Crippen molar-refractivity contribution in [1.82, 2.24) is 9.78 Å². The van der Waals surface area contributed by atoms with Gasteiger partial charge in [-0.3, -0.25) is 9.59 Å². The van der Waals surface area contributed by atoms with Gasteiger partial charge in [-0.2, -0.15) is 5.10 Å². The van der Waals surface area contributed by atoms with Gasteiger partial charge >= 0.3 is 0 Å². The Morgan fingerprint density at radius 1 is 1.27 bits per heavy atom. The van der Waals surface area contributed by atoms with E-state index < -0.39 is 0 Å². The van der Waals surface area contributed by atoms with Crippen molar-refractivity contribution in [2.45, 2.75) is 39.7 Å². The molecule has 0 atom stereocenters. The monoisotopic (exact) mass is 354 g/mol. The van der Waals surface area contributed by atoms with Crippen LogP contribution in [-0.4, -0.2) is 28.8 Å². The number of para-hydroxylation sites is 1.